The van der Waals surface area contributed by atoms with E-state index in [0.717, 1.165) is 22.2 Å². The predicted molar refractivity (Wildman–Crippen MR) is 123 cm³/mol. The Labute approximate surface area is 192 Å². The molecule has 0 bridgehead atoms. The number of anilines is 1. The number of hydrogen-bond acceptors (Lipinski definition) is 7. The molecule has 0 atom stereocenters. The molecule has 1 fully saturated rings. The van der Waals surface area contributed by atoms with E-state index in [1.54, 1.807) is 36.4 Å². The van der Waals surface area contributed by atoms with E-state index >= 15 is 0 Å². The van der Waals surface area contributed by atoms with Gasteiger partial charge >= 0.3 is 0 Å². The average molecular weight is 463 g/mol. The summed E-state index contributed by atoms with van der Waals surface area (Å²) in [6.07, 6.45) is 1.43. The van der Waals surface area contributed by atoms with Crippen molar-refractivity contribution in [2.24, 2.45) is 0 Å². The van der Waals surface area contributed by atoms with Gasteiger partial charge in [-0.3, -0.25) is 29.4 Å². The summed E-state index contributed by atoms with van der Waals surface area (Å²) < 4.78 is 5.70. The standard InChI is InChI=1S/C23H17N3O6S/c1-14-2-6-16(7-3-14)24-21(27)13-25-22(28)20(33-23(25)29)12-18-10-11-19(32-18)15-4-8-17(9-5-15)26(30)31/h2-12H,13H2,1H3,(H,24,27)/b20-12+. The minimum absolute atomic E-state index is 0.0365. The molecule has 1 saturated heterocycles. The number of amides is 3. The highest BCUT2D eigenvalue weighted by Gasteiger charge is 2.36. The van der Waals surface area contributed by atoms with Gasteiger partial charge in [-0.15, -0.1) is 0 Å². The van der Waals surface area contributed by atoms with Crippen LogP contribution in [0.4, 0.5) is 16.2 Å². The van der Waals surface area contributed by atoms with Crippen molar-refractivity contribution in [3.63, 3.8) is 0 Å². The zero-order chi connectivity index (χ0) is 23.5. The third kappa shape index (κ3) is 5.01. The number of non-ortho nitro benzene ring substituents is 1. The van der Waals surface area contributed by atoms with Crippen LogP contribution in [0.25, 0.3) is 17.4 Å². The Morgan fingerprint density at radius 3 is 2.45 bits per heavy atom. The molecule has 1 aromatic heterocycles. The zero-order valence-electron chi connectivity index (χ0n) is 17.3. The quantitative estimate of drug-likeness (QED) is 0.315. The number of nitro benzene ring substituents is 1. The van der Waals surface area contributed by atoms with Crippen LogP contribution in [-0.2, 0) is 9.59 Å². The number of carbonyl (C=O) groups excluding carboxylic acids is 3. The molecule has 1 aliphatic heterocycles. The van der Waals surface area contributed by atoms with Crippen molar-refractivity contribution >= 4 is 46.3 Å². The van der Waals surface area contributed by atoms with Crippen LogP contribution in [0.5, 0.6) is 0 Å². The fourth-order valence-corrected chi connectivity index (χ4v) is 3.90. The van der Waals surface area contributed by atoms with Crippen LogP contribution in [-0.4, -0.2) is 33.4 Å². The molecule has 0 unspecified atom stereocenters. The third-order valence-corrected chi connectivity index (χ3v) is 5.68. The predicted octanol–water partition coefficient (Wildman–Crippen LogP) is 4.84. The Kier molecular flexibility index (Phi) is 6.09. The summed E-state index contributed by atoms with van der Waals surface area (Å²) in [5, 5.41) is 12.9. The number of thioether (sulfide) groups is 1. The minimum atomic E-state index is -0.586. The van der Waals surface area contributed by atoms with Crippen LogP contribution in [0.1, 0.15) is 11.3 Å². The SMILES string of the molecule is Cc1ccc(NC(=O)CN2C(=O)S/C(=C/c3ccc(-c4ccc([N+](=O)[O-])cc4)o3)C2=O)cc1. The van der Waals surface area contributed by atoms with Gasteiger partial charge in [0.25, 0.3) is 16.8 Å². The van der Waals surface area contributed by atoms with Gasteiger partial charge in [0.05, 0.1) is 9.83 Å². The monoisotopic (exact) mass is 463 g/mol. The van der Waals surface area contributed by atoms with Crippen LogP contribution in [0, 0.1) is 17.0 Å². The van der Waals surface area contributed by atoms with Gasteiger partial charge in [-0.1, -0.05) is 17.7 Å². The summed E-state index contributed by atoms with van der Waals surface area (Å²) in [5.41, 5.74) is 2.20. The molecule has 0 saturated carbocycles. The molecule has 0 spiro atoms. The van der Waals surface area contributed by atoms with E-state index in [4.69, 9.17) is 4.42 Å². The molecule has 10 heteroatoms. The molecule has 2 aromatic carbocycles. The molecule has 33 heavy (non-hydrogen) atoms. The van der Waals surface area contributed by atoms with E-state index in [9.17, 15) is 24.5 Å². The molecule has 1 N–H and O–H groups in total. The highest BCUT2D eigenvalue weighted by atomic mass is 32.2. The molecular formula is C23H17N3O6S. The molecule has 3 amide bonds. The van der Waals surface area contributed by atoms with Gasteiger partial charge in [0, 0.05) is 29.5 Å². The maximum Gasteiger partial charge on any atom is 0.294 e. The summed E-state index contributed by atoms with van der Waals surface area (Å²) in [6, 6.07) is 16.3. The Morgan fingerprint density at radius 1 is 1.09 bits per heavy atom. The number of aryl methyl sites for hydroxylation is 1. The topological polar surface area (TPSA) is 123 Å². The largest absolute Gasteiger partial charge is 0.457 e. The first-order valence-electron chi connectivity index (χ1n) is 9.77. The molecule has 1 aliphatic rings. The van der Waals surface area contributed by atoms with Crippen LogP contribution in [0.2, 0.25) is 0 Å². The fraction of sp³-hybridized carbons (Fsp3) is 0.0870. The normalized spacial score (nSPS) is 14.7. The average Bonchev–Trinajstić information content (AvgIpc) is 3.36. The Bertz CT molecular complexity index is 1280. The number of nitrogens with one attached hydrogen (secondary N) is 1. The van der Waals surface area contributed by atoms with Crippen molar-refractivity contribution in [2.75, 3.05) is 11.9 Å². The smallest absolute Gasteiger partial charge is 0.294 e. The lowest BCUT2D eigenvalue weighted by Gasteiger charge is -2.12. The van der Waals surface area contributed by atoms with E-state index in [2.05, 4.69) is 5.32 Å². The maximum absolute atomic E-state index is 12.7. The summed E-state index contributed by atoms with van der Waals surface area (Å²) in [6.45, 7) is 1.52. The molecule has 0 radical (unpaired) electrons. The first kappa shape index (κ1) is 22.0. The van der Waals surface area contributed by atoms with Gasteiger partial charge < -0.3 is 9.73 Å². The number of benzene rings is 2. The Balaban J connectivity index is 1.43. The zero-order valence-corrected chi connectivity index (χ0v) is 18.1. The van der Waals surface area contributed by atoms with Gasteiger partial charge in [0.1, 0.15) is 18.1 Å². The molecule has 4 rings (SSSR count). The van der Waals surface area contributed by atoms with Crippen LogP contribution in [0.15, 0.2) is 70.0 Å². The molecule has 2 heterocycles. The lowest BCUT2D eigenvalue weighted by molar-refractivity contribution is -0.384. The molecular weight excluding hydrogens is 446 g/mol. The lowest BCUT2D eigenvalue weighted by atomic mass is 10.1. The summed E-state index contributed by atoms with van der Waals surface area (Å²) in [4.78, 5) is 48.5. The summed E-state index contributed by atoms with van der Waals surface area (Å²) in [5.74, 6) is -0.288. The highest BCUT2D eigenvalue weighted by molar-refractivity contribution is 8.18. The second-order valence-electron chi connectivity index (χ2n) is 7.19. The van der Waals surface area contributed by atoms with E-state index in [1.165, 1.54) is 18.2 Å². The number of carbonyl (C=O) groups is 3. The van der Waals surface area contributed by atoms with Crippen LogP contribution < -0.4 is 5.32 Å². The third-order valence-electron chi connectivity index (χ3n) is 4.77. The van der Waals surface area contributed by atoms with Crippen LogP contribution in [0.3, 0.4) is 0 Å². The van der Waals surface area contributed by atoms with E-state index in [0.29, 0.717) is 22.8 Å². The van der Waals surface area contributed by atoms with Crippen molar-refractivity contribution in [1.29, 1.82) is 0 Å². The Morgan fingerprint density at radius 2 is 1.79 bits per heavy atom. The van der Waals surface area contributed by atoms with E-state index in [1.807, 2.05) is 19.1 Å². The number of furan rings is 1. The van der Waals surface area contributed by atoms with Crippen molar-refractivity contribution in [3.8, 4) is 11.3 Å². The van der Waals surface area contributed by atoms with Gasteiger partial charge in [0.15, 0.2) is 0 Å². The first-order valence-corrected chi connectivity index (χ1v) is 10.6. The lowest BCUT2D eigenvalue weighted by Crippen LogP contribution is -2.36. The van der Waals surface area contributed by atoms with Crippen molar-refractivity contribution in [3.05, 3.63) is 87.0 Å². The Hall–Kier alpha value is -4.18. The molecule has 3 aromatic rings. The number of nitrogens with zero attached hydrogens (tertiary/aromatic N) is 2. The van der Waals surface area contributed by atoms with Crippen molar-refractivity contribution < 1.29 is 23.7 Å². The first-order chi connectivity index (χ1) is 15.8. The van der Waals surface area contributed by atoms with Gasteiger partial charge in [-0.2, -0.15) is 0 Å². The molecule has 9 nitrogen and oxygen atoms in total. The fourth-order valence-electron chi connectivity index (χ4n) is 3.08. The number of hydrogen-bond donors (Lipinski definition) is 1. The second kappa shape index (κ2) is 9.13. The summed E-state index contributed by atoms with van der Waals surface area (Å²) in [7, 11) is 0. The summed E-state index contributed by atoms with van der Waals surface area (Å²) >= 11 is 0.721. The molecule has 0 aliphatic carbocycles. The van der Waals surface area contributed by atoms with Crippen LogP contribution >= 0.6 is 11.8 Å². The van der Waals surface area contributed by atoms with E-state index < -0.39 is 28.5 Å². The van der Waals surface area contributed by atoms with Gasteiger partial charge in [-0.25, -0.2) is 0 Å². The number of nitro groups is 1. The van der Waals surface area contributed by atoms with E-state index in [-0.39, 0.29) is 10.6 Å². The minimum Gasteiger partial charge on any atom is -0.457 e. The van der Waals surface area contributed by atoms with Crippen molar-refractivity contribution in [1.82, 2.24) is 4.90 Å². The maximum atomic E-state index is 12.7. The second-order valence-corrected chi connectivity index (χ2v) is 8.18. The molecule has 166 valence electrons. The van der Waals surface area contributed by atoms with Gasteiger partial charge in [-0.05, 0) is 55.1 Å². The number of imide groups is 1. The highest BCUT2D eigenvalue weighted by Crippen LogP contribution is 2.33. The number of rotatable bonds is 6. The van der Waals surface area contributed by atoms with Gasteiger partial charge in [0.2, 0.25) is 5.91 Å². The van der Waals surface area contributed by atoms with Crippen molar-refractivity contribution in [2.45, 2.75) is 6.92 Å².